The monoisotopic (exact) mass is 225 g/mol. The molecule has 0 spiro atoms. The van der Waals surface area contributed by atoms with Crippen molar-refractivity contribution in [3.05, 3.63) is 18.0 Å². The van der Waals surface area contributed by atoms with Crippen LogP contribution in [-0.4, -0.2) is 21.0 Å². The van der Waals surface area contributed by atoms with E-state index >= 15 is 0 Å². The third-order valence-corrected chi connectivity index (χ3v) is 2.70. The van der Waals surface area contributed by atoms with Crippen LogP contribution in [0.4, 0.5) is 0 Å². The summed E-state index contributed by atoms with van der Waals surface area (Å²) < 4.78 is 1.96. The van der Waals surface area contributed by atoms with E-state index in [0.717, 1.165) is 18.0 Å². The minimum atomic E-state index is 0.226. The molecular formula is C11H16ClN3. The summed E-state index contributed by atoms with van der Waals surface area (Å²) >= 11 is 6.06. The summed E-state index contributed by atoms with van der Waals surface area (Å²) in [5.41, 5.74) is 0.922. The summed E-state index contributed by atoms with van der Waals surface area (Å²) in [7, 11) is 0. The normalized spacial score (nSPS) is 17.5. The molecule has 1 aliphatic rings. The molecule has 0 amide bonds. The van der Waals surface area contributed by atoms with Gasteiger partial charge in [0.15, 0.2) is 0 Å². The first-order valence-corrected chi connectivity index (χ1v) is 5.79. The fraction of sp³-hybridized carbons (Fsp3) is 0.636. The molecule has 82 valence electrons. The zero-order valence-corrected chi connectivity index (χ0v) is 9.91. The first kappa shape index (κ1) is 10.7. The molecule has 4 heteroatoms. The maximum absolute atomic E-state index is 6.06. The van der Waals surface area contributed by atoms with Gasteiger partial charge in [0.05, 0.1) is 6.20 Å². The van der Waals surface area contributed by atoms with Crippen LogP contribution in [0.3, 0.4) is 0 Å². The second kappa shape index (κ2) is 4.35. The van der Waals surface area contributed by atoms with Crippen molar-refractivity contribution in [1.29, 1.82) is 0 Å². The van der Waals surface area contributed by atoms with Crippen molar-refractivity contribution in [3.63, 3.8) is 0 Å². The van der Waals surface area contributed by atoms with E-state index in [4.69, 9.17) is 11.6 Å². The smallest absolute Gasteiger partial charge is 0.134 e. The van der Waals surface area contributed by atoms with Crippen LogP contribution >= 0.6 is 11.6 Å². The van der Waals surface area contributed by atoms with Gasteiger partial charge in [-0.1, -0.05) is 11.6 Å². The van der Waals surface area contributed by atoms with Gasteiger partial charge in [-0.3, -0.25) is 9.67 Å². The van der Waals surface area contributed by atoms with Gasteiger partial charge in [0, 0.05) is 24.3 Å². The third kappa shape index (κ3) is 3.06. The maximum Gasteiger partial charge on any atom is 0.134 e. The first-order chi connectivity index (χ1) is 7.15. The van der Waals surface area contributed by atoms with E-state index in [1.54, 1.807) is 6.20 Å². The van der Waals surface area contributed by atoms with E-state index in [9.17, 15) is 0 Å². The third-order valence-electron chi connectivity index (χ3n) is 2.39. The number of hydrogen-bond donors (Lipinski definition) is 0. The highest BCUT2D eigenvalue weighted by atomic mass is 35.5. The molecule has 15 heavy (non-hydrogen) atoms. The Hall–Kier alpha value is -0.830. The van der Waals surface area contributed by atoms with Gasteiger partial charge in [-0.25, -0.2) is 0 Å². The number of rotatable bonds is 4. The van der Waals surface area contributed by atoms with Gasteiger partial charge < -0.3 is 0 Å². The Bertz CT molecular complexity index is 364. The molecule has 1 aliphatic carbocycles. The van der Waals surface area contributed by atoms with Crippen molar-refractivity contribution < 1.29 is 0 Å². The number of aliphatic imine (C=N–C) groups is 1. The highest BCUT2D eigenvalue weighted by Gasteiger charge is 2.22. The van der Waals surface area contributed by atoms with Gasteiger partial charge in [0.2, 0.25) is 0 Å². The van der Waals surface area contributed by atoms with E-state index in [1.807, 2.05) is 24.7 Å². The molecule has 0 unspecified atom stereocenters. The fourth-order valence-electron chi connectivity index (χ4n) is 1.44. The highest BCUT2D eigenvalue weighted by Crippen LogP contribution is 2.30. The SMILES string of the molecule is CC(C)N=C(Cl)c1cnn(CC2CC2)c1. The summed E-state index contributed by atoms with van der Waals surface area (Å²) in [5, 5.41) is 4.84. The summed E-state index contributed by atoms with van der Waals surface area (Å²) in [6.45, 7) is 5.04. The predicted octanol–water partition coefficient (Wildman–Crippen LogP) is 2.69. The fourth-order valence-corrected chi connectivity index (χ4v) is 1.73. The average Bonchev–Trinajstić information content (AvgIpc) is 2.80. The summed E-state index contributed by atoms with van der Waals surface area (Å²) in [6.07, 6.45) is 6.44. The molecule has 1 fully saturated rings. The number of aromatic nitrogens is 2. The van der Waals surface area contributed by atoms with Crippen molar-refractivity contribution in [3.8, 4) is 0 Å². The van der Waals surface area contributed by atoms with Crippen LogP contribution in [-0.2, 0) is 6.54 Å². The van der Waals surface area contributed by atoms with Gasteiger partial charge in [0.1, 0.15) is 5.17 Å². The number of nitrogens with zero attached hydrogens (tertiary/aromatic N) is 3. The van der Waals surface area contributed by atoms with E-state index in [-0.39, 0.29) is 6.04 Å². The van der Waals surface area contributed by atoms with Crippen LogP contribution in [0, 0.1) is 5.92 Å². The molecule has 0 aliphatic heterocycles. The van der Waals surface area contributed by atoms with Crippen LogP contribution in [0.2, 0.25) is 0 Å². The van der Waals surface area contributed by atoms with E-state index in [0.29, 0.717) is 5.17 Å². The Balaban J connectivity index is 2.04. The zero-order chi connectivity index (χ0) is 10.8. The molecule has 3 nitrogen and oxygen atoms in total. The molecule has 1 saturated carbocycles. The predicted molar refractivity (Wildman–Crippen MR) is 62.5 cm³/mol. The van der Waals surface area contributed by atoms with Crippen LogP contribution in [0.15, 0.2) is 17.4 Å². The van der Waals surface area contributed by atoms with Crippen molar-refractivity contribution in [2.75, 3.05) is 0 Å². The quantitative estimate of drug-likeness (QED) is 0.725. The Morgan fingerprint density at radius 3 is 3.00 bits per heavy atom. The minimum absolute atomic E-state index is 0.226. The van der Waals surface area contributed by atoms with E-state index in [2.05, 4.69) is 10.1 Å². The number of hydrogen-bond acceptors (Lipinski definition) is 2. The lowest BCUT2D eigenvalue weighted by Crippen LogP contribution is -2.00. The molecule has 0 saturated heterocycles. The molecule has 0 N–H and O–H groups in total. The maximum atomic E-state index is 6.06. The van der Waals surface area contributed by atoms with Crippen LogP contribution in [0.1, 0.15) is 32.3 Å². The summed E-state index contributed by atoms with van der Waals surface area (Å²) in [6, 6.07) is 0.226. The molecule has 0 bridgehead atoms. The first-order valence-electron chi connectivity index (χ1n) is 5.41. The second-order valence-corrected chi connectivity index (χ2v) is 4.77. The van der Waals surface area contributed by atoms with E-state index < -0.39 is 0 Å². The van der Waals surface area contributed by atoms with Crippen molar-refractivity contribution in [2.24, 2.45) is 10.9 Å². The molecule has 0 atom stereocenters. The summed E-state index contributed by atoms with van der Waals surface area (Å²) in [4.78, 5) is 4.28. The van der Waals surface area contributed by atoms with Gasteiger partial charge in [-0.05, 0) is 32.6 Å². The standard InChI is InChI=1S/C11H16ClN3/c1-8(2)14-11(12)10-5-13-15(7-10)6-9-3-4-9/h5,7-9H,3-4,6H2,1-2H3. The van der Waals surface area contributed by atoms with Crippen molar-refractivity contribution >= 4 is 16.8 Å². The second-order valence-electron chi connectivity index (χ2n) is 4.41. The molecular weight excluding hydrogens is 210 g/mol. The Kier molecular flexibility index (Phi) is 3.10. The van der Waals surface area contributed by atoms with Gasteiger partial charge >= 0.3 is 0 Å². The Labute approximate surface area is 95.2 Å². The molecule has 1 heterocycles. The lowest BCUT2D eigenvalue weighted by molar-refractivity contribution is 0.563. The highest BCUT2D eigenvalue weighted by molar-refractivity contribution is 6.69. The average molecular weight is 226 g/mol. The van der Waals surface area contributed by atoms with Crippen molar-refractivity contribution in [1.82, 2.24) is 9.78 Å². The Morgan fingerprint density at radius 2 is 2.40 bits per heavy atom. The van der Waals surface area contributed by atoms with Crippen molar-refractivity contribution in [2.45, 2.75) is 39.3 Å². The van der Waals surface area contributed by atoms with Gasteiger partial charge in [0.25, 0.3) is 0 Å². The largest absolute Gasteiger partial charge is 0.272 e. The molecule has 0 aromatic carbocycles. The number of halogens is 1. The lowest BCUT2D eigenvalue weighted by Gasteiger charge is -1.98. The lowest BCUT2D eigenvalue weighted by atomic mass is 10.3. The molecule has 0 radical (unpaired) electrons. The summed E-state index contributed by atoms with van der Waals surface area (Å²) in [5.74, 6) is 0.832. The van der Waals surface area contributed by atoms with E-state index in [1.165, 1.54) is 12.8 Å². The zero-order valence-electron chi connectivity index (χ0n) is 9.15. The molecule has 1 aromatic rings. The molecule has 1 aromatic heterocycles. The van der Waals surface area contributed by atoms with Crippen LogP contribution in [0.25, 0.3) is 0 Å². The van der Waals surface area contributed by atoms with Crippen LogP contribution in [0.5, 0.6) is 0 Å². The minimum Gasteiger partial charge on any atom is -0.272 e. The molecule has 2 rings (SSSR count). The van der Waals surface area contributed by atoms with Gasteiger partial charge in [-0.2, -0.15) is 5.10 Å². The Morgan fingerprint density at radius 1 is 1.67 bits per heavy atom. The van der Waals surface area contributed by atoms with Crippen LogP contribution < -0.4 is 0 Å². The van der Waals surface area contributed by atoms with Gasteiger partial charge in [-0.15, -0.1) is 0 Å². The topological polar surface area (TPSA) is 30.2 Å².